The molecule has 2 aromatic heterocycles. The number of nitrogens with zero attached hydrogens (tertiary/aromatic N) is 2. The van der Waals surface area contributed by atoms with E-state index in [2.05, 4.69) is 31.4 Å². The van der Waals surface area contributed by atoms with Crippen molar-refractivity contribution in [2.75, 3.05) is 5.32 Å². The molecule has 0 fully saturated rings. The number of carbonyl (C=O) groups excluding carboxylic acids is 1. The van der Waals surface area contributed by atoms with Crippen LogP contribution in [0.5, 0.6) is 0 Å². The summed E-state index contributed by atoms with van der Waals surface area (Å²) in [5.41, 5.74) is 0.894. The standard InChI is InChI=1S/C10H8BrN3O3S/c1-5(14-16)6-4-18-10(12-6)13-9(15)7-2-3-8(11)17-7/h2-4,16H,1H3,(H,12,13,15)/b14-5+. The van der Waals surface area contributed by atoms with Crippen LogP contribution in [0.25, 0.3) is 0 Å². The van der Waals surface area contributed by atoms with Crippen LogP contribution in [0.3, 0.4) is 0 Å². The van der Waals surface area contributed by atoms with Crippen LogP contribution in [-0.4, -0.2) is 21.8 Å². The van der Waals surface area contributed by atoms with Crippen LogP contribution < -0.4 is 5.32 Å². The quantitative estimate of drug-likeness (QED) is 0.514. The number of aromatic nitrogens is 1. The van der Waals surface area contributed by atoms with Crippen molar-refractivity contribution in [1.82, 2.24) is 4.98 Å². The van der Waals surface area contributed by atoms with Gasteiger partial charge in [-0.25, -0.2) is 4.98 Å². The third-order valence-electron chi connectivity index (χ3n) is 2.04. The molecule has 0 aliphatic carbocycles. The molecule has 0 unspecified atom stereocenters. The molecule has 0 radical (unpaired) electrons. The largest absolute Gasteiger partial charge is 0.444 e. The summed E-state index contributed by atoms with van der Waals surface area (Å²) in [5, 5.41) is 16.3. The minimum atomic E-state index is -0.389. The number of amides is 1. The van der Waals surface area contributed by atoms with E-state index in [4.69, 9.17) is 9.62 Å². The Morgan fingerprint density at radius 3 is 3.00 bits per heavy atom. The van der Waals surface area contributed by atoms with Gasteiger partial charge in [-0.1, -0.05) is 5.16 Å². The van der Waals surface area contributed by atoms with Gasteiger partial charge in [0.05, 0.1) is 0 Å². The zero-order valence-electron chi connectivity index (χ0n) is 9.18. The average Bonchev–Trinajstić information content (AvgIpc) is 2.97. The molecule has 6 nitrogen and oxygen atoms in total. The van der Waals surface area contributed by atoms with Gasteiger partial charge in [0.1, 0.15) is 11.4 Å². The van der Waals surface area contributed by atoms with Gasteiger partial charge in [0.25, 0.3) is 5.91 Å². The summed E-state index contributed by atoms with van der Waals surface area (Å²) in [5.74, 6) is -0.202. The number of anilines is 1. The molecular weight excluding hydrogens is 322 g/mol. The van der Waals surface area contributed by atoms with Crippen LogP contribution in [-0.2, 0) is 0 Å². The molecular formula is C10H8BrN3O3S. The van der Waals surface area contributed by atoms with Crippen LogP contribution in [0.4, 0.5) is 5.13 Å². The van der Waals surface area contributed by atoms with Crippen LogP contribution in [0.15, 0.2) is 31.8 Å². The van der Waals surface area contributed by atoms with Crippen molar-refractivity contribution < 1.29 is 14.4 Å². The SMILES string of the molecule is C/C(=N\O)c1csc(NC(=O)c2ccc(Br)o2)n1. The van der Waals surface area contributed by atoms with E-state index in [1.54, 1.807) is 24.4 Å². The molecule has 1 amide bonds. The Morgan fingerprint density at radius 1 is 1.61 bits per heavy atom. The maximum Gasteiger partial charge on any atom is 0.293 e. The highest BCUT2D eigenvalue weighted by Gasteiger charge is 2.13. The van der Waals surface area contributed by atoms with Gasteiger partial charge in [0.2, 0.25) is 0 Å². The first kappa shape index (κ1) is 12.8. The number of carbonyl (C=O) groups is 1. The fourth-order valence-electron chi connectivity index (χ4n) is 1.14. The fraction of sp³-hybridized carbons (Fsp3) is 0.100. The van der Waals surface area contributed by atoms with Crippen molar-refractivity contribution in [2.45, 2.75) is 6.92 Å². The second-order valence-corrected chi connectivity index (χ2v) is 4.92. The van der Waals surface area contributed by atoms with Crippen LogP contribution in [0.1, 0.15) is 23.2 Å². The smallest absolute Gasteiger partial charge is 0.293 e. The van der Waals surface area contributed by atoms with Crippen molar-refractivity contribution in [2.24, 2.45) is 5.16 Å². The first-order chi connectivity index (χ1) is 8.60. The normalized spacial score (nSPS) is 11.6. The van der Waals surface area contributed by atoms with Crippen molar-refractivity contribution in [3.05, 3.63) is 33.6 Å². The Hall–Kier alpha value is -1.67. The maximum atomic E-state index is 11.7. The Labute approximate surface area is 114 Å². The van der Waals surface area contributed by atoms with Gasteiger partial charge in [-0.3, -0.25) is 10.1 Å². The summed E-state index contributed by atoms with van der Waals surface area (Å²) in [6.07, 6.45) is 0. The van der Waals surface area contributed by atoms with E-state index in [0.717, 1.165) is 0 Å². The Balaban J connectivity index is 2.10. The van der Waals surface area contributed by atoms with Crippen molar-refractivity contribution in [1.29, 1.82) is 0 Å². The van der Waals surface area contributed by atoms with E-state index >= 15 is 0 Å². The van der Waals surface area contributed by atoms with Crippen molar-refractivity contribution in [3.8, 4) is 0 Å². The molecule has 0 bridgehead atoms. The molecule has 2 heterocycles. The van der Waals surface area contributed by atoms with Gasteiger partial charge in [-0.05, 0) is 35.0 Å². The zero-order chi connectivity index (χ0) is 13.1. The first-order valence-electron chi connectivity index (χ1n) is 4.81. The number of oxime groups is 1. The van der Waals surface area contributed by atoms with E-state index in [-0.39, 0.29) is 11.7 Å². The summed E-state index contributed by atoms with van der Waals surface area (Å²) in [6.45, 7) is 1.62. The predicted octanol–water partition coefficient (Wildman–Crippen LogP) is 2.95. The highest BCUT2D eigenvalue weighted by molar-refractivity contribution is 9.10. The van der Waals surface area contributed by atoms with E-state index in [1.807, 2.05) is 0 Å². The maximum absolute atomic E-state index is 11.7. The summed E-state index contributed by atoms with van der Waals surface area (Å²) in [4.78, 5) is 15.8. The Bertz CT molecular complexity index is 605. The predicted molar refractivity (Wildman–Crippen MR) is 70.5 cm³/mol. The molecule has 0 saturated carbocycles. The summed E-state index contributed by atoms with van der Waals surface area (Å²) in [6, 6.07) is 3.18. The van der Waals surface area contributed by atoms with Crippen molar-refractivity contribution in [3.63, 3.8) is 0 Å². The van der Waals surface area contributed by atoms with Gasteiger partial charge < -0.3 is 9.62 Å². The van der Waals surface area contributed by atoms with Crippen LogP contribution in [0, 0.1) is 0 Å². The number of nitrogens with one attached hydrogen (secondary N) is 1. The molecule has 0 aliphatic heterocycles. The van der Waals surface area contributed by atoms with Crippen LogP contribution >= 0.6 is 27.3 Å². The molecule has 8 heteroatoms. The second-order valence-electron chi connectivity index (χ2n) is 3.28. The lowest BCUT2D eigenvalue weighted by Crippen LogP contribution is -2.10. The number of furan rings is 1. The highest BCUT2D eigenvalue weighted by atomic mass is 79.9. The molecule has 0 atom stereocenters. The lowest BCUT2D eigenvalue weighted by Gasteiger charge is -1.97. The van der Waals surface area contributed by atoms with Gasteiger partial charge >= 0.3 is 0 Å². The summed E-state index contributed by atoms with van der Waals surface area (Å²) >= 11 is 4.35. The highest BCUT2D eigenvalue weighted by Crippen LogP contribution is 2.19. The molecule has 0 aliphatic rings. The van der Waals surface area contributed by atoms with Gasteiger partial charge in [-0.2, -0.15) is 0 Å². The van der Waals surface area contributed by atoms with Gasteiger partial charge in [-0.15, -0.1) is 11.3 Å². The second kappa shape index (κ2) is 5.32. The van der Waals surface area contributed by atoms with Gasteiger partial charge in [0.15, 0.2) is 15.6 Å². The molecule has 18 heavy (non-hydrogen) atoms. The Kier molecular flexibility index (Phi) is 3.78. The molecule has 94 valence electrons. The van der Waals surface area contributed by atoms with E-state index < -0.39 is 0 Å². The minimum absolute atomic E-state index is 0.186. The number of hydrogen-bond acceptors (Lipinski definition) is 6. The number of rotatable bonds is 3. The van der Waals surface area contributed by atoms with Crippen molar-refractivity contribution >= 4 is 44.0 Å². The van der Waals surface area contributed by atoms with E-state index in [1.165, 1.54) is 11.3 Å². The third kappa shape index (κ3) is 2.77. The van der Waals surface area contributed by atoms with Crippen LogP contribution in [0.2, 0.25) is 0 Å². The lowest BCUT2D eigenvalue weighted by molar-refractivity contribution is 0.0995. The van der Waals surface area contributed by atoms with E-state index in [9.17, 15) is 4.79 Å². The van der Waals surface area contributed by atoms with E-state index in [0.29, 0.717) is 21.2 Å². The first-order valence-corrected chi connectivity index (χ1v) is 6.48. The zero-order valence-corrected chi connectivity index (χ0v) is 11.6. The Morgan fingerprint density at radius 2 is 2.39 bits per heavy atom. The molecule has 2 aromatic rings. The number of hydrogen-bond donors (Lipinski definition) is 2. The molecule has 2 N–H and O–H groups in total. The number of thiazole rings is 1. The topological polar surface area (TPSA) is 87.7 Å². The fourth-order valence-corrected chi connectivity index (χ4v) is 2.20. The third-order valence-corrected chi connectivity index (χ3v) is 3.23. The lowest BCUT2D eigenvalue weighted by atomic mass is 10.3. The summed E-state index contributed by atoms with van der Waals surface area (Å²) < 4.78 is 5.59. The monoisotopic (exact) mass is 329 g/mol. The molecule has 0 spiro atoms. The number of halogens is 1. The molecule has 0 saturated heterocycles. The molecule has 0 aromatic carbocycles. The average molecular weight is 330 g/mol. The minimum Gasteiger partial charge on any atom is -0.444 e. The van der Waals surface area contributed by atoms with Gasteiger partial charge in [0, 0.05) is 5.38 Å². The molecule has 2 rings (SSSR count). The summed E-state index contributed by atoms with van der Waals surface area (Å²) in [7, 11) is 0.